The Hall–Kier alpha value is -3.80. The smallest absolute Gasteiger partial charge is 0.271 e. The van der Waals surface area contributed by atoms with Crippen LogP contribution in [0.4, 0.5) is 5.82 Å². The summed E-state index contributed by atoms with van der Waals surface area (Å²) in [6, 6.07) is 4.57. The van der Waals surface area contributed by atoms with Crippen LogP contribution in [0, 0.1) is 10.8 Å². The van der Waals surface area contributed by atoms with Crippen molar-refractivity contribution in [2.75, 3.05) is 44.2 Å². The molecule has 1 atom stereocenters. The van der Waals surface area contributed by atoms with E-state index in [1.165, 1.54) is 12.3 Å². The Kier molecular flexibility index (Phi) is 9.91. The fraction of sp³-hybridized carbons (Fsp3) is 0.636. The molecule has 1 saturated carbocycles. The summed E-state index contributed by atoms with van der Waals surface area (Å²) >= 11 is 0. The van der Waals surface area contributed by atoms with Crippen molar-refractivity contribution in [1.29, 1.82) is 0 Å². The Balaban J connectivity index is 0.947. The fourth-order valence-corrected chi connectivity index (χ4v) is 7.43. The van der Waals surface area contributed by atoms with Gasteiger partial charge in [0, 0.05) is 50.9 Å². The number of amides is 3. The van der Waals surface area contributed by atoms with Gasteiger partial charge in [-0.2, -0.15) is 5.10 Å². The molecule has 0 spiro atoms. The number of aromatic nitrogens is 3. The summed E-state index contributed by atoms with van der Waals surface area (Å²) in [7, 11) is 0. The average molecular weight is 622 g/mol. The van der Waals surface area contributed by atoms with Gasteiger partial charge < -0.3 is 15.0 Å². The van der Waals surface area contributed by atoms with Crippen LogP contribution in [0.15, 0.2) is 35.4 Å². The molecule has 1 unspecified atom stereocenters. The number of piperazine rings is 1. The topological polar surface area (TPSA) is 139 Å². The Morgan fingerprint density at radius 1 is 1.00 bits per heavy atom. The molecular weight excluding hydrogens is 574 g/mol. The molecule has 12 nitrogen and oxygen atoms in total. The van der Waals surface area contributed by atoms with Crippen LogP contribution in [-0.2, 0) is 9.59 Å². The number of ether oxygens (including phenoxy) is 1. The summed E-state index contributed by atoms with van der Waals surface area (Å²) in [6.45, 7) is 14.2. The second kappa shape index (κ2) is 13.7. The molecule has 1 aliphatic carbocycles. The van der Waals surface area contributed by atoms with Crippen LogP contribution in [0.1, 0.15) is 89.0 Å². The van der Waals surface area contributed by atoms with Crippen molar-refractivity contribution in [2.24, 2.45) is 10.8 Å². The van der Waals surface area contributed by atoms with Crippen LogP contribution in [-0.4, -0.2) is 82.8 Å². The van der Waals surface area contributed by atoms with E-state index in [0.717, 1.165) is 75.3 Å². The van der Waals surface area contributed by atoms with Crippen LogP contribution in [0.2, 0.25) is 0 Å². The van der Waals surface area contributed by atoms with Crippen LogP contribution >= 0.6 is 0 Å². The van der Waals surface area contributed by atoms with Gasteiger partial charge >= 0.3 is 0 Å². The highest BCUT2D eigenvalue weighted by atomic mass is 16.5. The predicted octanol–water partition coefficient (Wildman–Crippen LogP) is 2.93. The summed E-state index contributed by atoms with van der Waals surface area (Å²) in [5.74, 6) is 0.417. The summed E-state index contributed by atoms with van der Waals surface area (Å²) in [4.78, 5) is 58.1. The molecule has 2 saturated heterocycles. The molecule has 2 aromatic rings. The van der Waals surface area contributed by atoms with Gasteiger partial charge in [-0.3, -0.25) is 29.4 Å². The highest BCUT2D eigenvalue weighted by molar-refractivity contribution is 5.99. The van der Waals surface area contributed by atoms with Crippen molar-refractivity contribution in [2.45, 2.75) is 84.7 Å². The van der Waals surface area contributed by atoms with Crippen LogP contribution in [0.5, 0.6) is 5.75 Å². The molecular formula is C33H47N7O5. The first kappa shape index (κ1) is 32.6. The van der Waals surface area contributed by atoms with E-state index in [1.807, 2.05) is 12.1 Å². The van der Waals surface area contributed by atoms with Gasteiger partial charge in [0.1, 0.15) is 17.6 Å². The number of hydrogen-bond acceptors (Lipinski definition) is 9. The zero-order valence-electron chi connectivity index (χ0n) is 27.0. The molecule has 4 heterocycles. The number of hydrogen-bond donors (Lipinski definition) is 2. The van der Waals surface area contributed by atoms with Gasteiger partial charge in [-0.05, 0) is 55.2 Å². The largest absolute Gasteiger partial charge is 0.492 e. The Morgan fingerprint density at radius 2 is 1.73 bits per heavy atom. The highest BCUT2D eigenvalue weighted by Gasteiger charge is 2.53. The quantitative estimate of drug-likeness (QED) is 0.271. The van der Waals surface area contributed by atoms with Gasteiger partial charge in [0.05, 0.1) is 18.4 Å². The lowest BCUT2D eigenvalue weighted by molar-refractivity contribution is -0.136. The molecule has 0 aromatic carbocycles. The van der Waals surface area contributed by atoms with Crippen LogP contribution < -0.4 is 25.8 Å². The van der Waals surface area contributed by atoms with Crippen molar-refractivity contribution in [3.8, 4) is 5.75 Å². The van der Waals surface area contributed by atoms with Gasteiger partial charge in [-0.15, -0.1) is 0 Å². The third-order valence-electron chi connectivity index (χ3n) is 9.40. The van der Waals surface area contributed by atoms with Gasteiger partial charge in [-0.25, -0.2) is 9.67 Å². The minimum Gasteiger partial charge on any atom is -0.492 e. The van der Waals surface area contributed by atoms with Crippen molar-refractivity contribution >= 4 is 23.5 Å². The second-order valence-corrected chi connectivity index (χ2v) is 14.0. The molecule has 0 bridgehead atoms. The number of imide groups is 1. The first-order valence-electron chi connectivity index (χ1n) is 16.2. The maximum Gasteiger partial charge on any atom is 0.271 e. The van der Waals surface area contributed by atoms with E-state index in [4.69, 9.17) is 4.74 Å². The lowest BCUT2D eigenvalue weighted by Gasteiger charge is -2.57. The minimum absolute atomic E-state index is 0.0512. The lowest BCUT2D eigenvalue weighted by Crippen LogP contribution is -2.63. The molecule has 2 aliphatic heterocycles. The summed E-state index contributed by atoms with van der Waals surface area (Å²) in [5.41, 5.74) is 0.404. The van der Waals surface area contributed by atoms with Crippen molar-refractivity contribution in [3.05, 3.63) is 46.5 Å². The monoisotopic (exact) mass is 621 g/mol. The Bertz CT molecular complexity index is 1420. The number of rotatable bonds is 12. The van der Waals surface area contributed by atoms with Crippen molar-refractivity contribution < 1.29 is 19.1 Å². The normalized spacial score (nSPS) is 21.6. The third-order valence-corrected chi connectivity index (χ3v) is 9.40. The van der Waals surface area contributed by atoms with Crippen LogP contribution in [0.25, 0.3) is 0 Å². The summed E-state index contributed by atoms with van der Waals surface area (Å²) in [6.07, 6.45) is 8.80. The van der Waals surface area contributed by atoms with E-state index >= 15 is 0 Å². The number of carbonyl (C=O) groups is 3. The molecule has 12 heteroatoms. The van der Waals surface area contributed by atoms with Gasteiger partial charge in [0.25, 0.3) is 17.4 Å². The first-order valence-corrected chi connectivity index (χ1v) is 16.2. The van der Waals surface area contributed by atoms with E-state index in [2.05, 4.69) is 58.2 Å². The molecule has 5 rings (SSSR count). The molecule has 2 N–H and O–H groups in total. The number of carbonyl (C=O) groups excluding carboxylic acids is 3. The average Bonchev–Trinajstić information content (AvgIpc) is 2.99. The number of pyridine rings is 1. The first-order chi connectivity index (χ1) is 21.4. The third kappa shape index (κ3) is 7.89. The van der Waals surface area contributed by atoms with Gasteiger partial charge in [-0.1, -0.05) is 40.5 Å². The maximum atomic E-state index is 12.9. The van der Waals surface area contributed by atoms with E-state index in [-0.39, 0.29) is 41.5 Å². The number of piperidine rings is 1. The molecule has 0 radical (unpaired) electrons. The maximum absolute atomic E-state index is 12.9. The molecule has 3 amide bonds. The van der Waals surface area contributed by atoms with E-state index < -0.39 is 17.5 Å². The predicted molar refractivity (Wildman–Crippen MR) is 170 cm³/mol. The number of anilines is 1. The summed E-state index contributed by atoms with van der Waals surface area (Å²) < 4.78 is 6.82. The molecule has 244 valence electrons. The zero-order chi connectivity index (χ0) is 32.2. The van der Waals surface area contributed by atoms with Crippen molar-refractivity contribution in [3.63, 3.8) is 0 Å². The van der Waals surface area contributed by atoms with Crippen molar-refractivity contribution in [1.82, 2.24) is 30.3 Å². The summed E-state index contributed by atoms with van der Waals surface area (Å²) in [5, 5.41) is 9.58. The van der Waals surface area contributed by atoms with E-state index in [0.29, 0.717) is 17.9 Å². The standard InChI is InChI=1S/C33H47N7O5/c1-32(2)22-33(3,4)31(32)37-29(43)23-9-11-26(34-20-23)39-16-14-38(15-17-39)13-7-5-6-8-18-45-24-19-28(42)40(35-21-24)25-10-12-27(41)36-30(25)44/h9,11,19-21,25,31H,5-8,10,12-18,22H2,1-4H3,(H,37,43)(H,36,41,44). The molecule has 45 heavy (non-hydrogen) atoms. The number of nitrogens with one attached hydrogen (secondary N) is 2. The van der Waals surface area contributed by atoms with Crippen LogP contribution in [0.3, 0.4) is 0 Å². The van der Waals surface area contributed by atoms with Gasteiger partial charge in [0.15, 0.2) is 0 Å². The van der Waals surface area contributed by atoms with E-state index in [9.17, 15) is 19.2 Å². The van der Waals surface area contributed by atoms with Gasteiger partial charge in [0.2, 0.25) is 5.91 Å². The molecule has 2 aromatic heterocycles. The lowest BCUT2D eigenvalue weighted by atomic mass is 9.52. The molecule has 3 aliphatic rings. The number of unbranched alkanes of at least 4 members (excludes halogenated alkanes) is 3. The number of nitrogens with zero attached hydrogens (tertiary/aromatic N) is 5. The minimum atomic E-state index is -0.771. The highest BCUT2D eigenvalue weighted by Crippen LogP contribution is 2.53. The van der Waals surface area contributed by atoms with E-state index in [1.54, 1.807) is 6.20 Å². The SMILES string of the molecule is CC1(C)CC(C)(C)C1NC(=O)c1ccc(N2CCN(CCCCCCOc3cnn(C4CCC(=O)NC4=O)c(=O)c3)CC2)nc1. The Labute approximate surface area is 264 Å². The Morgan fingerprint density at radius 3 is 2.38 bits per heavy atom. The second-order valence-electron chi connectivity index (χ2n) is 14.0. The molecule has 3 fully saturated rings. The fourth-order valence-electron chi connectivity index (χ4n) is 7.43. The zero-order valence-corrected chi connectivity index (χ0v) is 27.0.